The van der Waals surface area contributed by atoms with Crippen molar-refractivity contribution in [3.05, 3.63) is 29.0 Å². The molecular weight excluding hydrogens is 244 g/mol. The maximum Gasteiger partial charge on any atom is 0.326 e. The van der Waals surface area contributed by atoms with Crippen molar-refractivity contribution in [1.29, 1.82) is 0 Å². The summed E-state index contributed by atoms with van der Waals surface area (Å²) in [6, 6.07) is 0.763. The van der Waals surface area contributed by atoms with E-state index in [1.165, 1.54) is 23.4 Å². The number of halogens is 1. The van der Waals surface area contributed by atoms with Crippen LogP contribution in [0.25, 0.3) is 0 Å². The van der Waals surface area contributed by atoms with E-state index < -0.39 is 12.0 Å². The minimum absolute atomic E-state index is 0.252. The van der Waals surface area contributed by atoms with Gasteiger partial charge in [-0.1, -0.05) is 11.6 Å². The Morgan fingerprint density at radius 2 is 2.29 bits per heavy atom. The zero-order valence-electron chi connectivity index (χ0n) is 8.97. The number of carbonyl (C=O) groups is 2. The van der Waals surface area contributed by atoms with Crippen LogP contribution in [0, 0.1) is 0 Å². The third kappa shape index (κ3) is 2.24. The first-order valence-electron chi connectivity index (χ1n) is 5.24. The molecule has 1 atom stereocenters. The third-order valence-corrected chi connectivity index (χ3v) is 3.13. The van der Waals surface area contributed by atoms with Gasteiger partial charge in [0.05, 0.1) is 10.6 Å². The van der Waals surface area contributed by atoms with Gasteiger partial charge in [0.2, 0.25) is 0 Å². The van der Waals surface area contributed by atoms with Crippen molar-refractivity contribution in [2.45, 2.75) is 18.9 Å². The molecule has 1 aromatic heterocycles. The van der Waals surface area contributed by atoms with Gasteiger partial charge in [-0.2, -0.15) is 0 Å². The summed E-state index contributed by atoms with van der Waals surface area (Å²) in [7, 11) is 0. The Balaban J connectivity index is 2.26. The van der Waals surface area contributed by atoms with Gasteiger partial charge in [0.1, 0.15) is 6.04 Å². The molecule has 2 heterocycles. The second-order valence-electron chi connectivity index (χ2n) is 3.85. The van der Waals surface area contributed by atoms with E-state index >= 15 is 0 Å². The Hall–Kier alpha value is -1.62. The lowest BCUT2D eigenvalue weighted by molar-refractivity contribution is -0.141. The molecule has 0 bridgehead atoms. The second-order valence-corrected chi connectivity index (χ2v) is 4.26. The molecule has 1 unspecified atom stereocenters. The summed E-state index contributed by atoms with van der Waals surface area (Å²) < 4.78 is 0. The van der Waals surface area contributed by atoms with Crippen molar-refractivity contribution < 1.29 is 14.7 Å². The maximum absolute atomic E-state index is 12.1. The smallest absolute Gasteiger partial charge is 0.326 e. The number of rotatable bonds is 2. The number of aliphatic carboxylic acids is 1. The second kappa shape index (κ2) is 4.71. The van der Waals surface area contributed by atoms with Crippen LogP contribution in [0.4, 0.5) is 0 Å². The van der Waals surface area contributed by atoms with Crippen LogP contribution in [0.15, 0.2) is 18.5 Å². The van der Waals surface area contributed by atoms with Crippen molar-refractivity contribution in [3.8, 4) is 0 Å². The molecule has 1 aliphatic rings. The summed E-state index contributed by atoms with van der Waals surface area (Å²) in [5.41, 5.74) is 0.252. The highest BCUT2D eigenvalue weighted by Crippen LogP contribution is 2.23. The molecule has 90 valence electrons. The minimum atomic E-state index is -0.976. The third-order valence-electron chi connectivity index (χ3n) is 2.80. The van der Waals surface area contributed by atoms with E-state index in [1.54, 1.807) is 0 Å². The van der Waals surface area contributed by atoms with Gasteiger partial charge in [0.15, 0.2) is 0 Å². The Bertz CT molecular complexity index is 464. The molecule has 5 nitrogen and oxygen atoms in total. The van der Waals surface area contributed by atoms with Gasteiger partial charge in [0.25, 0.3) is 5.91 Å². The molecule has 0 radical (unpaired) electrons. The van der Waals surface area contributed by atoms with Crippen molar-refractivity contribution in [1.82, 2.24) is 9.88 Å². The van der Waals surface area contributed by atoms with Crippen molar-refractivity contribution >= 4 is 23.5 Å². The van der Waals surface area contributed by atoms with Gasteiger partial charge >= 0.3 is 5.97 Å². The number of carboxylic acids is 1. The molecule has 1 amide bonds. The quantitative estimate of drug-likeness (QED) is 0.867. The number of likely N-dealkylation sites (tertiary alicyclic amines) is 1. The Morgan fingerprint density at radius 1 is 1.53 bits per heavy atom. The monoisotopic (exact) mass is 254 g/mol. The highest BCUT2D eigenvalue weighted by atomic mass is 35.5. The maximum atomic E-state index is 12.1. The predicted octanol–water partition coefficient (Wildman–Crippen LogP) is 1.42. The van der Waals surface area contributed by atoms with Gasteiger partial charge in [-0.05, 0) is 18.9 Å². The summed E-state index contributed by atoms with van der Waals surface area (Å²) >= 11 is 5.89. The highest BCUT2D eigenvalue weighted by molar-refractivity contribution is 6.33. The van der Waals surface area contributed by atoms with Crippen molar-refractivity contribution in [3.63, 3.8) is 0 Å². The average Bonchev–Trinajstić information content (AvgIpc) is 2.77. The van der Waals surface area contributed by atoms with Crippen molar-refractivity contribution in [2.24, 2.45) is 0 Å². The van der Waals surface area contributed by atoms with Crippen LogP contribution in [0.5, 0.6) is 0 Å². The molecule has 1 N–H and O–H groups in total. The standard InChI is InChI=1S/C11H11ClN2O3/c12-8-3-4-13-6-7(8)10(15)14-5-1-2-9(14)11(16)17/h3-4,6,9H,1-2,5H2,(H,16,17). The van der Waals surface area contributed by atoms with Crippen LogP contribution in [0.2, 0.25) is 5.02 Å². The fourth-order valence-corrected chi connectivity index (χ4v) is 2.14. The molecule has 1 fully saturated rings. The van der Waals surface area contributed by atoms with Crippen LogP contribution < -0.4 is 0 Å². The molecule has 2 rings (SSSR count). The average molecular weight is 255 g/mol. The first-order chi connectivity index (χ1) is 8.11. The van der Waals surface area contributed by atoms with E-state index in [-0.39, 0.29) is 11.5 Å². The molecule has 17 heavy (non-hydrogen) atoms. The summed E-state index contributed by atoms with van der Waals surface area (Å²) in [6.07, 6.45) is 4.03. The van der Waals surface area contributed by atoms with Gasteiger partial charge in [0, 0.05) is 18.9 Å². The minimum Gasteiger partial charge on any atom is -0.480 e. The lowest BCUT2D eigenvalue weighted by Gasteiger charge is -2.21. The Kier molecular flexibility index (Phi) is 3.28. The van der Waals surface area contributed by atoms with Crippen LogP contribution in [0.1, 0.15) is 23.2 Å². The molecule has 6 heteroatoms. The number of carboxylic acid groups (broad SMARTS) is 1. The fraction of sp³-hybridized carbons (Fsp3) is 0.364. The SMILES string of the molecule is O=C(O)C1CCCN1C(=O)c1cnccc1Cl. The van der Waals surface area contributed by atoms with Crippen LogP contribution in [-0.2, 0) is 4.79 Å². The van der Waals surface area contributed by atoms with E-state index in [4.69, 9.17) is 16.7 Å². The number of pyridine rings is 1. The zero-order valence-corrected chi connectivity index (χ0v) is 9.72. The normalized spacial score (nSPS) is 19.4. The predicted molar refractivity (Wildman–Crippen MR) is 60.9 cm³/mol. The van der Waals surface area contributed by atoms with Crippen LogP contribution in [-0.4, -0.2) is 39.5 Å². The van der Waals surface area contributed by atoms with E-state index in [0.29, 0.717) is 24.4 Å². The van der Waals surface area contributed by atoms with E-state index in [1.807, 2.05) is 0 Å². The van der Waals surface area contributed by atoms with Crippen LogP contribution in [0.3, 0.4) is 0 Å². The molecule has 0 aliphatic carbocycles. The summed E-state index contributed by atoms with van der Waals surface area (Å²) in [5, 5.41) is 9.30. The molecule has 0 saturated carbocycles. The molecule has 0 aromatic carbocycles. The molecule has 1 aliphatic heterocycles. The highest BCUT2D eigenvalue weighted by Gasteiger charge is 2.35. The molecule has 0 spiro atoms. The van der Waals surface area contributed by atoms with E-state index in [9.17, 15) is 9.59 Å². The number of amides is 1. The first kappa shape index (κ1) is 11.9. The molecular formula is C11H11ClN2O3. The van der Waals surface area contributed by atoms with Crippen LogP contribution >= 0.6 is 11.6 Å². The molecule has 1 saturated heterocycles. The topological polar surface area (TPSA) is 70.5 Å². The van der Waals surface area contributed by atoms with E-state index in [2.05, 4.69) is 4.98 Å². The Morgan fingerprint density at radius 3 is 2.94 bits per heavy atom. The number of hydrogen-bond donors (Lipinski definition) is 1. The first-order valence-corrected chi connectivity index (χ1v) is 5.62. The van der Waals surface area contributed by atoms with Crippen molar-refractivity contribution in [2.75, 3.05) is 6.54 Å². The number of carbonyl (C=O) groups excluding carboxylic acids is 1. The summed E-state index contributed by atoms with van der Waals surface area (Å²) in [4.78, 5) is 28.3. The summed E-state index contributed by atoms with van der Waals surface area (Å²) in [6.45, 7) is 0.445. The number of aromatic nitrogens is 1. The number of nitrogens with zero attached hydrogens (tertiary/aromatic N) is 2. The number of hydrogen-bond acceptors (Lipinski definition) is 3. The fourth-order valence-electron chi connectivity index (χ4n) is 1.96. The van der Waals surface area contributed by atoms with Gasteiger partial charge in [-0.25, -0.2) is 4.79 Å². The zero-order chi connectivity index (χ0) is 12.4. The molecule has 1 aromatic rings. The largest absolute Gasteiger partial charge is 0.480 e. The summed E-state index contributed by atoms with van der Waals surface area (Å²) in [5.74, 6) is -1.34. The van der Waals surface area contributed by atoms with Gasteiger partial charge in [-0.3, -0.25) is 9.78 Å². The lowest BCUT2D eigenvalue weighted by Crippen LogP contribution is -2.40. The van der Waals surface area contributed by atoms with Gasteiger partial charge < -0.3 is 10.0 Å². The Labute approximate surface area is 103 Å². The lowest BCUT2D eigenvalue weighted by atomic mass is 10.2. The van der Waals surface area contributed by atoms with E-state index in [0.717, 1.165) is 0 Å². The van der Waals surface area contributed by atoms with Gasteiger partial charge in [-0.15, -0.1) is 0 Å².